The van der Waals surface area contributed by atoms with Gasteiger partial charge in [-0.25, -0.2) is 0 Å². The van der Waals surface area contributed by atoms with Gasteiger partial charge in [-0.05, 0) is 0 Å². The summed E-state index contributed by atoms with van der Waals surface area (Å²) in [5.41, 5.74) is 0. The maximum atomic E-state index is 11.9. The first-order chi connectivity index (χ1) is 6.54. The van der Waals surface area contributed by atoms with E-state index in [1.54, 1.807) is 20.8 Å². The van der Waals surface area contributed by atoms with Gasteiger partial charge < -0.3 is 5.11 Å². The summed E-state index contributed by atoms with van der Waals surface area (Å²) in [5, 5.41) is 8.73. The Bertz CT molecular complexity index is 237. The molecule has 0 rings (SSSR count). The molecule has 0 bridgehead atoms. The minimum Gasteiger partial charge on any atom is -0.395 e. The topological polar surface area (TPSA) is 60.9 Å². The Hall–Kier alpha value is -0.170. The summed E-state index contributed by atoms with van der Waals surface area (Å²) < 4.78 is 26.4. The van der Waals surface area contributed by atoms with Crippen LogP contribution in [0, 0.1) is 0 Å². The fraction of sp³-hybridized carbons (Fsp3) is 1.00. The van der Waals surface area contributed by atoms with Crippen LogP contribution in [0.1, 0.15) is 20.8 Å². The molecule has 14 heavy (non-hydrogen) atoms. The summed E-state index contributed by atoms with van der Waals surface area (Å²) in [6.45, 7) is 6.68. The van der Waals surface area contributed by atoms with Gasteiger partial charge in [0.2, 0.25) is 0 Å². The van der Waals surface area contributed by atoms with Crippen molar-refractivity contribution < 1.29 is 13.5 Å². The van der Waals surface area contributed by atoms with Crippen molar-refractivity contribution in [3.05, 3.63) is 0 Å². The Morgan fingerprint density at radius 1 is 1.00 bits per heavy atom. The van der Waals surface area contributed by atoms with Crippen molar-refractivity contribution >= 4 is 10.2 Å². The van der Waals surface area contributed by atoms with Gasteiger partial charge in [-0.3, -0.25) is 0 Å². The summed E-state index contributed by atoms with van der Waals surface area (Å²) in [4.78, 5) is 0. The van der Waals surface area contributed by atoms with Gasteiger partial charge in [0.05, 0.1) is 6.61 Å². The van der Waals surface area contributed by atoms with Crippen LogP contribution in [0.2, 0.25) is 0 Å². The molecule has 0 fully saturated rings. The monoisotopic (exact) mass is 224 g/mol. The van der Waals surface area contributed by atoms with Crippen LogP contribution in [0.5, 0.6) is 0 Å². The van der Waals surface area contributed by atoms with E-state index in [4.69, 9.17) is 5.11 Å². The SMILES string of the molecule is CCN(CC)S(=O)(=O)N(CC)CCO. The van der Waals surface area contributed by atoms with E-state index >= 15 is 0 Å². The third kappa shape index (κ3) is 3.20. The lowest BCUT2D eigenvalue weighted by molar-refractivity contribution is 0.248. The summed E-state index contributed by atoms with van der Waals surface area (Å²) >= 11 is 0. The number of nitrogens with zero attached hydrogens (tertiary/aromatic N) is 2. The molecule has 0 amide bonds. The van der Waals surface area contributed by atoms with E-state index in [1.165, 1.54) is 8.61 Å². The second-order valence-electron chi connectivity index (χ2n) is 2.81. The van der Waals surface area contributed by atoms with Gasteiger partial charge in [-0.15, -0.1) is 0 Å². The largest absolute Gasteiger partial charge is 0.395 e. The number of aliphatic hydroxyl groups is 1. The standard InChI is InChI=1S/C8H20N2O3S/c1-4-9(5-2)14(12,13)10(6-3)7-8-11/h11H,4-8H2,1-3H3. The van der Waals surface area contributed by atoms with Crippen molar-refractivity contribution in [3.8, 4) is 0 Å². The first-order valence-corrected chi connectivity index (χ1v) is 6.30. The molecule has 6 heteroatoms. The van der Waals surface area contributed by atoms with Crippen LogP contribution >= 0.6 is 0 Å². The third-order valence-corrected chi connectivity index (χ3v) is 4.32. The molecule has 1 N–H and O–H groups in total. The van der Waals surface area contributed by atoms with Crippen molar-refractivity contribution in [2.24, 2.45) is 0 Å². The predicted octanol–water partition coefficient (Wildman–Crippen LogP) is -0.113. The highest BCUT2D eigenvalue weighted by Gasteiger charge is 2.25. The molecule has 0 aromatic heterocycles. The summed E-state index contributed by atoms with van der Waals surface area (Å²) in [6.07, 6.45) is 0. The summed E-state index contributed by atoms with van der Waals surface area (Å²) in [6, 6.07) is 0. The minimum absolute atomic E-state index is 0.145. The molecule has 0 atom stereocenters. The van der Waals surface area contributed by atoms with E-state index in [2.05, 4.69) is 0 Å². The molecule has 0 saturated heterocycles. The zero-order valence-electron chi connectivity index (χ0n) is 9.10. The van der Waals surface area contributed by atoms with Gasteiger partial charge in [-0.1, -0.05) is 20.8 Å². The second kappa shape index (κ2) is 6.34. The molecule has 0 aliphatic carbocycles. The first kappa shape index (κ1) is 13.8. The van der Waals surface area contributed by atoms with Crippen molar-refractivity contribution in [2.45, 2.75) is 20.8 Å². The molecular formula is C8H20N2O3S. The van der Waals surface area contributed by atoms with Gasteiger partial charge in [-0.2, -0.15) is 17.0 Å². The van der Waals surface area contributed by atoms with E-state index in [9.17, 15) is 8.42 Å². The van der Waals surface area contributed by atoms with Crippen molar-refractivity contribution in [1.82, 2.24) is 8.61 Å². The highest BCUT2D eigenvalue weighted by molar-refractivity contribution is 7.86. The average Bonchev–Trinajstić information content (AvgIpc) is 2.15. The van der Waals surface area contributed by atoms with Gasteiger partial charge in [0, 0.05) is 26.2 Å². The number of hydrogen-bond acceptors (Lipinski definition) is 3. The van der Waals surface area contributed by atoms with E-state index in [0.29, 0.717) is 19.6 Å². The first-order valence-electron chi connectivity index (χ1n) is 4.90. The maximum absolute atomic E-state index is 11.9. The quantitative estimate of drug-likeness (QED) is 0.656. The fourth-order valence-corrected chi connectivity index (χ4v) is 2.88. The summed E-state index contributed by atoms with van der Waals surface area (Å²) in [5.74, 6) is 0. The maximum Gasteiger partial charge on any atom is 0.282 e. The van der Waals surface area contributed by atoms with E-state index < -0.39 is 10.2 Å². The van der Waals surface area contributed by atoms with Gasteiger partial charge in [0.25, 0.3) is 10.2 Å². The number of rotatable bonds is 7. The molecule has 0 aliphatic heterocycles. The third-order valence-electron chi connectivity index (χ3n) is 2.06. The Labute approximate surface area is 86.5 Å². The van der Waals surface area contributed by atoms with E-state index in [1.807, 2.05) is 0 Å². The van der Waals surface area contributed by atoms with Gasteiger partial charge >= 0.3 is 0 Å². The molecule has 0 aromatic rings. The van der Waals surface area contributed by atoms with E-state index in [0.717, 1.165) is 0 Å². The van der Waals surface area contributed by atoms with Crippen LogP contribution < -0.4 is 0 Å². The van der Waals surface area contributed by atoms with Crippen molar-refractivity contribution in [1.29, 1.82) is 0 Å². The molecule has 0 spiro atoms. The van der Waals surface area contributed by atoms with Crippen LogP contribution in [0.4, 0.5) is 0 Å². The average molecular weight is 224 g/mol. The van der Waals surface area contributed by atoms with Crippen molar-refractivity contribution in [2.75, 3.05) is 32.8 Å². The molecule has 0 unspecified atom stereocenters. The predicted molar refractivity (Wildman–Crippen MR) is 56.2 cm³/mol. The number of aliphatic hydroxyl groups excluding tert-OH is 1. The van der Waals surface area contributed by atoms with Crippen molar-refractivity contribution in [3.63, 3.8) is 0 Å². The lowest BCUT2D eigenvalue weighted by Gasteiger charge is -2.26. The van der Waals surface area contributed by atoms with Crippen LogP contribution in [-0.4, -0.2) is 54.9 Å². The molecular weight excluding hydrogens is 204 g/mol. The number of hydrogen-bond donors (Lipinski definition) is 1. The Balaban J connectivity index is 4.71. The smallest absolute Gasteiger partial charge is 0.282 e. The molecule has 0 aromatic carbocycles. The Morgan fingerprint density at radius 3 is 1.71 bits per heavy atom. The Morgan fingerprint density at radius 2 is 1.43 bits per heavy atom. The molecule has 0 aliphatic rings. The Kier molecular flexibility index (Phi) is 6.26. The zero-order chi connectivity index (χ0) is 11.2. The van der Waals surface area contributed by atoms with Crippen LogP contribution in [0.3, 0.4) is 0 Å². The van der Waals surface area contributed by atoms with Crippen LogP contribution in [-0.2, 0) is 10.2 Å². The van der Waals surface area contributed by atoms with Gasteiger partial charge in [0.15, 0.2) is 0 Å². The molecule has 0 heterocycles. The molecule has 0 saturated carbocycles. The zero-order valence-corrected chi connectivity index (χ0v) is 9.92. The van der Waals surface area contributed by atoms with Crippen LogP contribution in [0.15, 0.2) is 0 Å². The highest BCUT2D eigenvalue weighted by atomic mass is 32.2. The van der Waals surface area contributed by atoms with Crippen LogP contribution in [0.25, 0.3) is 0 Å². The number of likely N-dealkylation sites (N-methyl/N-ethyl adjacent to an activating group) is 1. The minimum atomic E-state index is -3.37. The molecule has 86 valence electrons. The highest BCUT2D eigenvalue weighted by Crippen LogP contribution is 2.06. The molecule has 0 radical (unpaired) electrons. The second-order valence-corrected chi connectivity index (χ2v) is 4.74. The van der Waals surface area contributed by atoms with E-state index in [-0.39, 0.29) is 13.2 Å². The molecule has 5 nitrogen and oxygen atoms in total. The van der Waals surface area contributed by atoms with Gasteiger partial charge in [0.1, 0.15) is 0 Å². The fourth-order valence-electron chi connectivity index (χ4n) is 1.26. The lowest BCUT2D eigenvalue weighted by Crippen LogP contribution is -2.44. The lowest BCUT2D eigenvalue weighted by atomic mass is 10.6. The summed E-state index contributed by atoms with van der Waals surface area (Å²) in [7, 11) is -3.37. The normalized spacial score (nSPS) is 12.7.